The molecule has 0 N–H and O–H groups in total. The molecule has 0 spiro atoms. The smallest absolute Gasteiger partial charge is 0.310 e. The third-order valence-corrected chi connectivity index (χ3v) is 1.97. The van der Waals surface area contributed by atoms with Gasteiger partial charge in [0.25, 0.3) is 0 Å². The summed E-state index contributed by atoms with van der Waals surface area (Å²) in [6.45, 7) is 0.728. The van der Waals surface area contributed by atoms with Crippen LogP contribution in [0.1, 0.15) is 25.7 Å². The highest BCUT2D eigenvalue weighted by molar-refractivity contribution is 7.26. The normalized spacial score (nSPS) is 24.6. The van der Waals surface area contributed by atoms with Gasteiger partial charge in [-0.15, -0.1) is 0 Å². The van der Waals surface area contributed by atoms with Crippen molar-refractivity contribution in [1.29, 1.82) is 0 Å². The minimum Gasteiger partial charge on any atom is -0.420 e. The van der Waals surface area contributed by atoms with Gasteiger partial charge in [0.2, 0.25) is 9.03 Å². The van der Waals surface area contributed by atoms with Crippen LogP contribution in [0.25, 0.3) is 0 Å². The molecular formula is C6H11O3P. The van der Waals surface area contributed by atoms with Gasteiger partial charge in [-0.1, -0.05) is 6.42 Å². The third kappa shape index (κ3) is 3.14. The van der Waals surface area contributed by atoms with Crippen molar-refractivity contribution in [3.63, 3.8) is 0 Å². The SMILES string of the molecule is O=C1CCCCCOPO1. The van der Waals surface area contributed by atoms with Gasteiger partial charge in [-0.2, -0.15) is 0 Å². The van der Waals surface area contributed by atoms with Crippen LogP contribution in [0.3, 0.4) is 0 Å². The lowest BCUT2D eigenvalue weighted by Gasteiger charge is -1.99. The molecule has 1 aliphatic heterocycles. The number of hydrogen-bond acceptors (Lipinski definition) is 3. The van der Waals surface area contributed by atoms with Crippen LogP contribution in [-0.2, 0) is 13.8 Å². The first-order valence-corrected chi connectivity index (χ1v) is 4.28. The van der Waals surface area contributed by atoms with Crippen LogP contribution in [0.15, 0.2) is 0 Å². The molecule has 0 saturated carbocycles. The van der Waals surface area contributed by atoms with Gasteiger partial charge in [0, 0.05) is 6.42 Å². The van der Waals surface area contributed by atoms with Gasteiger partial charge < -0.3 is 9.05 Å². The van der Waals surface area contributed by atoms with Crippen LogP contribution in [0.5, 0.6) is 0 Å². The molecule has 10 heavy (non-hydrogen) atoms. The maximum absolute atomic E-state index is 10.7. The van der Waals surface area contributed by atoms with E-state index in [1.165, 1.54) is 0 Å². The molecule has 1 fully saturated rings. The predicted octanol–water partition coefficient (Wildman–Crippen LogP) is 1.63. The van der Waals surface area contributed by atoms with Crippen LogP contribution < -0.4 is 0 Å². The van der Waals surface area contributed by atoms with Gasteiger partial charge in [-0.3, -0.25) is 4.79 Å². The maximum Gasteiger partial charge on any atom is 0.310 e. The minimum atomic E-state index is -0.125. The molecule has 1 heterocycles. The molecule has 1 saturated heterocycles. The molecule has 3 nitrogen and oxygen atoms in total. The lowest BCUT2D eigenvalue weighted by atomic mass is 10.2. The second-order valence-electron chi connectivity index (χ2n) is 2.22. The Bertz CT molecular complexity index is 104. The topological polar surface area (TPSA) is 35.5 Å². The first-order valence-electron chi connectivity index (χ1n) is 3.46. The number of carbonyl (C=O) groups excluding carboxylic acids is 1. The van der Waals surface area contributed by atoms with E-state index < -0.39 is 0 Å². The second kappa shape index (κ2) is 4.64. The van der Waals surface area contributed by atoms with E-state index in [1.54, 1.807) is 0 Å². The molecule has 0 aromatic heterocycles. The Hall–Kier alpha value is -0.140. The van der Waals surface area contributed by atoms with Crippen LogP contribution >= 0.6 is 9.03 Å². The molecular weight excluding hydrogens is 151 g/mol. The molecule has 0 amide bonds. The molecule has 0 radical (unpaired) electrons. The van der Waals surface area contributed by atoms with Gasteiger partial charge in [-0.25, -0.2) is 0 Å². The highest BCUT2D eigenvalue weighted by Crippen LogP contribution is 2.18. The fraction of sp³-hybridized carbons (Fsp3) is 0.833. The second-order valence-corrected chi connectivity index (χ2v) is 2.88. The molecule has 0 aromatic rings. The van der Waals surface area contributed by atoms with Crippen molar-refractivity contribution in [3.05, 3.63) is 0 Å². The van der Waals surface area contributed by atoms with Crippen molar-refractivity contribution < 1.29 is 13.8 Å². The van der Waals surface area contributed by atoms with Crippen LogP contribution in [0, 0.1) is 0 Å². The van der Waals surface area contributed by atoms with Crippen LogP contribution in [0.2, 0.25) is 0 Å². The molecule has 0 bridgehead atoms. The van der Waals surface area contributed by atoms with Crippen molar-refractivity contribution in [2.45, 2.75) is 25.7 Å². The summed E-state index contributed by atoms with van der Waals surface area (Å²) in [5, 5.41) is 0. The monoisotopic (exact) mass is 162 g/mol. The van der Waals surface area contributed by atoms with Crippen molar-refractivity contribution >= 4 is 15.0 Å². The van der Waals surface area contributed by atoms with E-state index in [2.05, 4.69) is 0 Å². The van der Waals surface area contributed by atoms with Gasteiger partial charge in [0.15, 0.2) is 0 Å². The quantitative estimate of drug-likeness (QED) is 0.508. The van der Waals surface area contributed by atoms with E-state index in [-0.39, 0.29) is 15.0 Å². The van der Waals surface area contributed by atoms with Gasteiger partial charge >= 0.3 is 5.97 Å². The Kier molecular flexibility index (Phi) is 3.69. The van der Waals surface area contributed by atoms with E-state index in [1.807, 2.05) is 0 Å². The Morgan fingerprint density at radius 3 is 3.10 bits per heavy atom. The highest BCUT2D eigenvalue weighted by atomic mass is 31.1. The van der Waals surface area contributed by atoms with E-state index in [9.17, 15) is 4.79 Å². The Balaban J connectivity index is 2.21. The van der Waals surface area contributed by atoms with E-state index >= 15 is 0 Å². The van der Waals surface area contributed by atoms with Crippen molar-refractivity contribution in [1.82, 2.24) is 0 Å². The predicted molar refractivity (Wildman–Crippen MR) is 38.8 cm³/mol. The lowest BCUT2D eigenvalue weighted by Crippen LogP contribution is -1.95. The first-order chi connectivity index (χ1) is 4.89. The molecule has 1 aliphatic rings. The Morgan fingerprint density at radius 2 is 2.20 bits per heavy atom. The summed E-state index contributed by atoms with van der Waals surface area (Å²) in [6.07, 6.45) is 3.60. The molecule has 1 rings (SSSR count). The van der Waals surface area contributed by atoms with Crippen LogP contribution in [-0.4, -0.2) is 12.6 Å². The molecule has 0 aromatic carbocycles. The third-order valence-electron chi connectivity index (χ3n) is 1.34. The molecule has 58 valence electrons. The summed E-state index contributed by atoms with van der Waals surface area (Å²) in [6, 6.07) is 0. The molecule has 4 heteroatoms. The number of carbonyl (C=O) groups is 1. The average Bonchev–Trinajstić information content (AvgIpc) is 2.02. The number of hydrogen-bond donors (Lipinski definition) is 0. The summed E-state index contributed by atoms with van der Waals surface area (Å²) in [5.41, 5.74) is 0. The van der Waals surface area contributed by atoms with Crippen molar-refractivity contribution in [3.8, 4) is 0 Å². The Labute approximate surface area is 62.0 Å². The maximum atomic E-state index is 10.7. The van der Waals surface area contributed by atoms with Gasteiger partial charge in [-0.05, 0) is 12.8 Å². The summed E-state index contributed by atoms with van der Waals surface area (Å²) >= 11 is 0. The lowest BCUT2D eigenvalue weighted by molar-refractivity contribution is -0.133. The van der Waals surface area contributed by atoms with Gasteiger partial charge in [0.05, 0.1) is 6.61 Å². The fourth-order valence-corrected chi connectivity index (χ4v) is 1.27. The average molecular weight is 162 g/mol. The zero-order valence-corrected chi connectivity index (χ0v) is 6.76. The summed E-state index contributed by atoms with van der Waals surface area (Å²) in [4.78, 5) is 10.7. The largest absolute Gasteiger partial charge is 0.420 e. The summed E-state index contributed by atoms with van der Waals surface area (Å²) in [5.74, 6) is -0.125. The molecule has 0 aliphatic carbocycles. The van der Waals surface area contributed by atoms with E-state index in [4.69, 9.17) is 9.05 Å². The standard InChI is InChI=1S/C6H11O3P/c7-6-4-2-1-3-5-8-10-9-6/h10H,1-5H2. The van der Waals surface area contributed by atoms with E-state index in [0.717, 1.165) is 25.9 Å². The zero-order valence-electron chi connectivity index (χ0n) is 5.76. The molecule has 1 atom stereocenters. The van der Waals surface area contributed by atoms with Gasteiger partial charge in [0.1, 0.15) is 0 Å². The minimum absolute atomic E-state index is 0.0833. The molecule has 1 unspecified atom stereocenters. The van der Waals surface area contributed by atoms with Crippen molar-refractivity contribution in [2.75, 3.05) is 6.61 Å². The zero-order chi connectivity index (χ0) is 7.23. The number of rotatable bonds is 0. The summed E-state index contributed by atoms with van der Waals surface area (Å²) in [7, 11) is -0.0833. The van der Waals surface area contributed by atoms with E-state index in [0.29, 0.717) is 6.42 Å². The highest BCUT2D eigenvalue weighted by Gasteiger charge is 2.04. The Morgan fingerprint density at radius 1 is 1.30 bits per heavy atom. The van der Waals surface area contributed by atoms with Crippen molar-refractivity contribution in [2.24, 2.45) is 0 Å². The van der Waals surface area contributed by atoms with Crippen LogP contribution in [0.4, 0.5) is 0 Å². The fourth-order valence-electron chi connectivity index (χ4n) is 0.789. The summed E-state index contributed by atoms with van der Waals surface area (Å²) < 4.78 is 9.74. The first kappa shape index (κ1) is 7.96.